The molecule has 2 aromatic carbocycles. The van der Waals surface area contributed by atoms with E-state index in [2.05, 4.69) is 10.1 Å². The normalized spacial score (nSPS) is 10.8. The highest BCUT2D eigenvalue weighted by Gasteiger charge is 2.07. The van der Waals surface area contributed by atoms with Gasteiger partial charge < -0.3 is 15.2 Å². The molecule has 0 amide bonds. The van der Waals surface area contributed by atoms with Crippen molar-refractivity contribution in [3.8, 4) is 22.8 Å². The Kier molecular flexibility index (Phi) is 4.15. The van der Waals surface area contributed by atoms with E-state index in [0.29, 0.717) is 6.61 Å². The number of pyridine rings is 1. The largest absolute Gasteiger partial charge is 0.497 e. The topological polar surface area (TPSA) is 74.7 Å². The van der Waals surface area contributed by atoms with Crippen molar-refractivity contribution in [2.45, 2.75) is 6.61 Å². The fraction of sp³-hybridized carbons (Fsp3) is 0.100. The number of nitrogens with two attached hydrogens (primary N) is 1. The van der Waals surface area contributed by atoms with Gasteiger partial charge in [0.05, 0.1) is 12.8 Å². The summed E-state index contributed by atoms with van der Waals surface area (Å²) in [7, 11) is 1.65. The number of aromatic nitrogens is 3. The van der Waals surface area contributed by atoms with Crippen molar-refractivity contribution in [1.29, 1.82) is 0 Å². The number of anilines is 1. The predicted molar refractivity (Wildman–Crippen MR) is 100 cm³/mol. The summed E-state index contributed by atoms with van der Waals surface area (Å²) in [6, 6.07) is 21.5. The SMILES string of the molecule is COc1cccc(COc2ccc(-c3cccc4nc(N)nn34)cc2)c1. The van der Waals surface area contributed by atoms with Crippen LogP contribution in [-0.4, -0.2) is 21.7 Å². The van der Waals surface area contributed by atoms with Crippen LogP contribution in [0.4, 0.5) is 5.95 Å². The number of fused-ring (bicyclic) bond motifs is 1. The van der Waals surface area contributed by atoms with Gasteiger partial charge in [-0.25, -0.2) is 4.52 Å². The molecular formula is C20H18N4O2. The van der Waals surface area contributed by atoms with Gasteiger partial charge in [0.2, 0.25) is 5.95 Å². The average Bonchev–Trinajstić information content (AvgIpc) is 3.07. The number of benzene rings is 2. The number of ether oxygens (including phenoxy) is 2. The zero-order valence-electron chi connectivity index (χ0n) is 14.3. The second-order valence-electron chi connectivity index (χ2n) is 5.82. The van der Waals surface area contributed by atoms with Crippen molar-refractivity contribution in [3.63, 3.8) is 0 Å². The van der Waals surface area contributed by atoms with Crippen LogP contribution in [0.5, 0.6) is 11.5 Å². The monoisotopic (exact) mass is 346 g/mol. The second-order valence-corrected chi connectivity index (χ2v) is 5.82. The Bertz CT molecular complexity index is 1040. The Morgan fingerprint density at radius 3 is 2.58 bits per heavy atom. The Morgan fingerprint density at radius 1 is 0.962 bits per heavy atom. The molecule has 130 valence electrons. The first-order valence-corrected chi connectivity index (χ1v) is 8.20. The molecule has 0 unspecified atom stereocenters. The molecule has 0 aliphatic rings. The number of rotatable bonds is 5. The van der Waals surface area contributed by atoms with Crippen molar-refractivity contribution in [3.05, 3.63) is 72.3 Å². The number of nitrogen functional groups attached to an aromatic ring is 1. The van der Waals surface area contributed by atoms with Crippen molar-refractivity contribution >= 4 is 11.6 Å². The van der Waals surface area contributed by atoms with Gasteiger partial charge in [0.15, 0.2) is 5.65 Å². The molecule has 0 bridgehead atoms. The van der Waals surface area contributed by atoms with Crippen LogP contribution in [0.2, 0.25) is 0 Å². The molecular weight excluding hydrogens is 328 g/mol. The van der Waals surface area contributed by atoms with Crippen LogP contribution in [0.15, 0.2) is 66.7 Å². The van der Waals surface area contributed by atoms with Crippen molar-refractivity contribution in [2.24, 2.45) is 0 Å². The van der Waals surface area contributed by atoms with Crippen LogP contribution < -0.4 is 15.2 Å². The summed E-state index contributed by atoms with van der Waals surface area (Å²) in [5.74, 6) is 1.87. The zero-order valence-corrected chi connectivity index (χ0v) is 14.3. The van der Waals surface area contributed by atoms with Crippen LogP contribution >= 0.6 is 0 Å². The highest BCUT2D eigenvalue weighted by atomic mass is 16.5. The van der Waals surface area contributed by atoms with Gasteiger partial charge in [-0.2, -0.15) is 4.98 Å². The third-order valence-electron chi connectivity index (χ3n) is 4.07. The van der Waals surface area contributed by atoms with Crippen molar-refractivity contribution < 1.29 is 9.47 Å². The smallest absolute Gasteiger partial charge is 0.240 e. The van der Waals surface area contributed by atoms with Gasteiger partial charge in [-0.1, -0.05) is 18.2 Å². The summed E-state index contributed by atoms with van der Waals surface area (Å²) in [5, 5.41) is 4.24. The summed E-state index contributed by atoms with van der Waals surface area (Å²) >= 11 is 0. The molecule has 0 saturated carbocycles. The lowest BCUT2D eigenvalue weighted by Crippen LogP contribution is -1.97. The molecule has 0 aliphatic carbocycles. The van der Waals surface area contributed by atoms with E-state index < -0.39 is 0 Å². The molecule has 0 fully saturated rings. The van der Waals surface area contributed by atoms with Crippen molar-refractivity contribution in [2.75, 3.05) is 12.8 Å². The molecule has 4 aromatic rings. The van der Waals surface area contributed by atoms with E-state index in [1.54, 1.807) is 11.6 Å². The van der Waals surface area contributed by atoms with E-state index in [-0.39, 0.29) is 5.95 Å². The standard InChI is InChI=1S/C20H18N4O2/c1-25-17-5-2-4-14(12-17)13-26-16-10-8-15(9-11-16)18-6-3-7-19-22-20(21)23-24(18)19/h2-12H,13H2,1H3,(H2,21,23). The quantitative estimate of drug-likeness (QED) is 0.598. The van der Waals surface area contributed by atoms with E-state index in [4.69, 9.17) is 15.2 Å². The van der Waals surface area contributed by atoms with E-state index >= 15 is 0 Å². The lowest BCUT2D eigenvalue weighted by Gasteiger charge is -2.09. The fourth-order valence-electron chi connectivity index (χ4n) is 2.79. The number of hydrogen-bond donors (Lipinski definition) is 1. The molecule has 0 aliphatic heterocycles. The first-order chi connectivity index (χ1) is 12.7. The third kappa shape index (κ3) is 3.17. The molecule has 0 radical (unpaired) electrons. The Labute approximate surface area is 150 Å². The lowest BCUT2D eigenvalue weighted by molar-refractivity contribution is 0.305. The number of hydrogen-bond acceptors (Lipinski definition) is 5. The molecule has 6 heteroatoms. The first kappa shape index (κ1) is 16.0. The highest BCUT2D eigenvalue weighted by molar-refractivity contribution is 5.64. The molecule has 26 heavy (non-hydrogen) atoms. The molecule has 2 heterocycles. The third-order valence-corrected chi connectivity index (χ3v) is 4.07. The van der Waals surface area contributed by atoms with Crippen LogP contribution in [0.25, 0.3) is 16.9 Å². The summed E-state index contributed by atoms with van der Waals surface area (Å²) in [6.45, 7) is 0.478. The molecule has 0 spiro atoms. The minimum absolute atomic E-state index is 0.260. The van der Waals surface area contributed by atoms with Crippen LogP contribution in [-0.2, 0) is 6.61 Å². The van der Waals surface area contributed by atoms with Gasteiger partial charge in [0.1, 0.15) is 18.1 Å². The summed E-state index contributed by atoms with van der Waals surface area (Å²) in [5.41, 5.74) is 9.41. The van der Waals surface area contributed by atoms with E-state index in [1.807, 2.05) is 66.7 Å². The minimum Gasteiger partial charge on any atom is -0.497 e. The Hall–Kier alpha value is -3.54. The first-order valence-electron chi connectivity index (χ1n) is 8.20. The van der Waals surface area contributed by atoms with Crippen LogP contribution in [0.3, 0.4) is 0 Å². The molecule has 2 N–H and O–H groups in total. The maximum atomic E-state index is 5.86. The second kappa shape index (κ2) is 6.76. The van der Waals surface area contributed by atoms with Gasteiger partial charge in [-0.15, -0.1) is 5.10 Å². The molecule has 6 nitrogen and oxygen atoms in total. The predicted octanol–water partition coefficient (Wildman–Crippen LogP) is 3.57. The Balaban J connectivity index is 1.53. The van der Waals surface area contributed by atoms with Gasteiger partial charge in [-0.05, 0) is 54.1 Å². The van der Waals surface area contributed by atoms with Crippen LogP contribution in [0.1, 0.15) is 5.56 Å². The van der Waals surface area contributed by atoms with Gasteiger partial charge >= 0.3 is 0 Å². The van der Waals surface area contributed by atoms with E-state index in [9.17, 15) is 0 Å². The number of nitrogens with zero attached hydrogens (tertiary/aromatic N) is 3. The zero-order chi connectivity index (χ0) is 17.9. The fourth-order valence-corrected chi connectivity index (χ4v) is 2.79. The maximum Gasteiger partial charge on any atom is 0.240 e. The molecule has 0 atom stereocenters. The van der Waals surface area contributed by atoms with E-state index in [1.165, 1.54) is 0 Å². The van der Waals surface area contributed by atoms with Gasteiger partial charge in [0, 0.05) is 5.56 Å². The summed E-state index contributed by atoms with van der Waals surface area (Å²) in [4.78, 5) is 4.19. The van der Waals surface area contributed by atoms with E-state index in [0.717, 1.165) is 34.0 Å². The summed E-state index contributed by atoms with van der Waals surface area (Å²) in [6.07, 6.45) is 0. The van der Waals surface area contributed by atoms with Gasteiger partial charge in [-0.3, -0.25) is 0 Å². The lowest BCUT2D eigenvalue weighted by atomic mass is 10.1. The van der Waals surface area contributed by atoms with Crippen molar-refractivity contribution in [1.82, 2.24) is 14.6 Å². The Morgan fingerprint density at radius 2 is 1.77 bits per heavy atom. The molecule has 4 rings (SSSR count). The minimum atomic E-state index is 0.260. The summed E-state index contributed by atoms with van der Waals surface area (Å²) < 4.78 is 12.8. The van der Waals surface area contributed by atoms with Crippen LogP contribution in [0, 0.1) is 0 Å². The number of methoxy groups -OCH3 is 1. The average molecular weight is 346 g/mol. The highest BCUT2D eigenvalue weighted by Crippen LogP contribution is 2.24. The molecule has 2 aromatic heterocycles. The van der Waals surface area contributed by atoms with Gasteiger partial charge in [0.25, 0.3) is 0 Å². The maximum absolute atomic E-state index is 5.86. The molecule has 0 saturated heterocycles.